The van der Waals surface area contributed by atoms with Crippen molar-refractivity contribution in [2.24, 2.45) is 0 Å². The predicted molar refractivity (Wildman–Crippen MR) is 115 cm³/mol. The molecular weight excluding hydrogens is 362 g/mol. The van der Waals surface area contributed by atoms with E-state index in [-0.39, 0.29) is 12.1 Å². The largest absolute Gasteiger partial charge is 0.464 e. The van der Waals surface area contributed by atoms with Crippen LogP contribution in [-0.2, 0) is 13.1 Å². The highest BCUT2D eigenvalue weighted by molar-refractivity contribution is 5.75. The fourth-order valence-corrected chi connectivity index (χ4v) is 4.66. The van der Waals surface area contributed by atoms with Crippen LogP contribution in [-0.4, -0.2) is 41.0 Å². The number of benzene rings is 1. The molecule has 2 heterocycles. The molecular formula is C24H33N3O2. The molecule has 1 aliphatic carbocycles. The van der Waals surface area contributed by atoms with Gasteiger partial charge in [0.25, 0.3) is 0 Å². The van der Waals surface area contributed by atoms with Crippen LogP contribution in [0, 0.1) is 6.92 Å². The Kier molecular flexibility index (Phi) is 6.55. The molecule has 1 aromatic carbocycles. The molecule has 2 amide bonds. The Hall–Kier alpha value is -2.27. The number of urea groups is 1. The number of piperidine rings is 1. The lowest BCUT2D eigenvalue weighted by Gasteiger charge is -2.38. The molecule has 2 aromatic rings. The number of nitrogens with one attached hydrogen (secondary N) is 1. The summed E-state index contributed by atoms with van der Waals surface area (Å²) >= 11 is 0. The molecule has 4 rings (SSSR count). The minimum Gasteiger partial charge on any atom is -0.464 e. The predicted octanol–water partition coefficient (Wildman–Crippen LogP) is 4.71. The Morgan fingerprint density at radius 3 is 2.45 bits per heavy atom. The number of hydrogen-bond donors (Lipinski definition) is 1. The van der Waals surface area contributed by atoms with Crippen LogP contribution < -0.4 is 5.32 Å². The number of furan rings is 1. The molecule has 1 saturated heterocycles. The van der Waals surface area contributed by atoms with Gasteiger partial charge in [-0.1, -0.05) is 43.2 Å². The van der Waals surface area contributed by atoms with Crippen molar-refractivity contribution in [1.29, 1.82) is 0 Å². The molecule has 2 aliphatic rings. The molecule has 5 heteroatoms. The number of carbonyl (C=O) groups is 1. The van der Waals surface area contributed by atoms with E-state index >= 15 is 0 Å². The highest BCUT2D eigenvalue weighted by Gasteiger charge is 2.30. The average molecular weight is 396 g/mol. The average Bonchev–Trinajstić information content (AvgIpc) is 3.39. The molecule has 2 fully saturated rings. The Balaban J connectivity index is 1.38. The van der Waals surface area contributed by atoms with E-state index in [0.29, 0.717) is 12.6 Å². The maximum absolute atomic E-state index is 13.1. The van der Waals surface area contributed by atoms with Crippen LogP contribution in [0.1, 0.15) is 55.6 Å². The van der Waals surface area contributed by atoms with Gasteiger partial charge in [0, 0.05) is 31.7 Å². The molecule has 0 spiro atoms. The summed E-state index contributed by atoms with van der Waals surface area (Å²) in [7, 11) is 0. The van der Waals surface area contributed by atoms with Gasteiger partial charge in [-0.25, -0.2) is 4.79 Å². The van der Waals surface area contributed by atoms with Crippen molar-refractivity contribution in [1.82, 2.24) is 15.1 Å². The second-order valence-electron chi connectivity index (χ2n) is 8.56. The van der Waals surface area contributed by atoms with Crippen molar-refractivity contribution in [2.45, 2.75) is 70.6 Å². The van der Waals surface area contributed by atoms with Gasteiger partial charge < -0.3 is 14.6 Å². The lowest BCUT2D eigenvalue weighted by molar-refractivity contribution is 0.107. The molecule has 0 unspecified atom stereocenters. The number of likely N-dealkylation sites (tertiary alicyclic amines) is 1. The molecule has 156 valence electrons. The molecule has 5 nitrogen and oxygen atoms in total. The highest BCUT2D eigenvalue weighted by Crippen LogP contribution is 2.23. The van der Waals surface area contributed by atoms with Crippen LogP contribution in [0.25, 0.3) is 0 Å². The van der Waals surface area contributed by atoms with Crippen molar-refractivity contribution >= 4 is 6.03 Å². The standard InChI is InChI=1S/C24H33N3O2/c1-19-11-12-23(29-19)18-27(24(28)25-21-9-5-6-10-21)22-13-15-26(16-14-22)17-20-7-3-2-4-8-20/h2-4,7-8,11-12,21-22H,5-6,9-10,13-18H2,1H3,(H,25,28). The first-order valence-corrected chi connectivity index (χ1v) is 11.1. The lowest BCUT2D eigenvalue weighted by Crippen LogP contribution is -2.51. The summed E-state index contributed by atoms with van der Waals surface area (Å²) in [6, 6.07) is 15.3. The van der Waals surface area contributed by atoms with Crippen LogP contribution in [0.5, 0.6) is 0 Å². The number of nitrogens with zero attached hydrogens (tertiary/aromatic N) is 2. The fraction of sp³-hybridized carbons (Fsp3) is 0.542. The number of amides is 2. The van der Waals surface area contributed by atoms with E-state index < -0.39 is 0 Å². The van der Waals surface area contributed by atoms with E-state index in [1.54, 1.807) is 0 Å². The molecule has 1 aromatic heterocycles. The number of aryl methyl sites for hydroxylation is 1. The SMILES string of the molecule is Cc1ccc(CN(C(=O)NC2CCCC2)C2CCN(Cc3ccccc3)CC2)o1. The quantitative estimate of drug-likeness (QED) is 0.771. The van der Waals surface area contributed by atoms with E-state index in [0.717, 1.165) is 56.8 Å². The smallest absolute Gasteiger partial charge is 0.318 e. The lowest BCUT2D eigenvalue weighted by atomic mass is 10.0. The van der Waals surface area contributed by atoms with Gasteiger partial charge in [-0.05, 0) is 50.3 Å². The van der Waals surface area contributed by atoms with Crippen LogP contribution in [0.2, 0.25) is 0 Å². The van der Waals surface area contributed by atoms with Crippen LogP contribution in [0.3, 0.4) is 0 Å². The Bertz CT molecular complexity index is 774. The first kappa shape index (κ1) is 20.0. The monoisotopic (exact) mass is 395 g/mol. The van der Waals surface area contributed by atoms with Gasteiger partial charge in [0.2, 0.25) is 0 Å². The zero-order valence-electron chi connectivity index (χ0n) is 17.5. The van der Waals surface area contributed by atoms with Crippen molar-refractivity contribution in [3.63, 3.8) is 0 Å². The van der Waals surface area contributed by atoms with Gasteiger partial charge in [-0.3, -0.25) is 4.90 Å². The zero-order chi connectivity index (χ0) is 20.1. The first-order valence-electron chi connectivity index (χ1n) is 11.1. The summed E-state index contributed by atoms with van der Waals surface area (Å²) in [4.78, 5) is 17.7. The summed E-state index contributed by atoms with van der Waals surface area (Å²) in [5, 5.41) is 3.29. The second-order valence-corrected chi connectivity index (χ2v) is 8.56. The van der Waals surface area contributed by atoms with Crippen LogP contribution in [0.15, 0.2) is 46.9 Å². The normalized spacial score (nSPS) is 18.8. The summed E-state index contributed by atoms with van der Waals surface area (Å²) in [5.74, 6) is 1.77. The van der Waals surface area contributed by atoms with Gasteiger partial charge >= 0.3 is 6.03 Å². The molecule has 0 atom stereocenters. The second kappa shape index (κ2) is 9.49. The third kappa shape index (κ3) is 5.41. The molecule has 29 heavy (non-hydrogen) atoms. The highest BCUT2D eigenvalue weighted by atomic mass is 16.3. The van der Waals surface area contributed by atoms with E-state index in [9.17, 15) is 4.79 Å². The summed E-state index contributed by atoms with van der Waals surface area (Å²) in [5.41, 5.74) is 1.35. The molecule has 0 radical (unpaired) electrons. The molecule has 0 bridgehead atoms. The minimum atomic E-state index is 0.0764. The van der Waals surface area contributed by atoms with Crippen molar-refractivity contribution in [2.75, 3.05) is 13.1 Å². The number of carbonyl (C=O) groups excluding carboxylic acids is 1. The van der Waals surface area contributed by atoms with Crippen molar-refractivity contribution in [3.8, 4) is 0 Å². The Morgan fingerprint density at radius 1 is 1.07 bits per heavy atom. The van der Waals surface area contributed by atoms with Gasteiger partial charge in [-0.15, -0.1) is 0 Å². The Labute approximate surface area is 174 Å². The van der Waals surface area contributed by atoms with E-state index in [2.05, 4.69) is 40.5 Å². The van der Waals surface area contributed by atoms with E-state index in [1.807, 2.05) is 24.0 Å². The summed E-state index contributed by atoms with van der Waals surface area (Å²) in [6.45, 7) is 5.53. The number of rotatable bonds is 6. The van der Waals surface area contributed by atoms with Gasteiger partial charge in [0.05, 0.1) is 6.54 Å². The maximum Gasteiger partial charge on any atom is 0.318 e. The maximum atomic E-state index is 13.1. The molecule has 1 saturated carbocycles. The van der Waals surface area contributed by atoms with E-state index in [4.69, 9.17) is 4.42 Å². The zero-order valence-corrected chi connectivity index (χ0v) is 17.5. The van der Waals surface area contributed by atoms with Crippen LogP contribution >= 0.6 is 0 Å². The van der Waals surface area contributed by atoms with Crippen molar-refractivity contribution in [3.05, 3.63) is 59.5 Å². The first-order chi connectivity index (χ1) is 14.2. The summed E-state index contributed by atoms with van der Waals surface area (Å²) < 4.78 is 5.79. The van der Waals surface area contributed by atoms with Crippen molar-refractivity contribution < 1.29 is 9.21 Å². The topological polar surface area (TPSA) is 48.7 Å². The number of hydrogen-bond acceptors (Lipinski definition) is 3. The summed E-state index contributed by atoms with van der Waals surface area (Å²) in [6.07, 6.45) is 6.67. The van der Waals surface area contributed by atoms with E-state index in [1.165, 1.54) is 18.4 Å². The van der Waals surface area contributed by atoms with Gasteiger partial charge in [0.1, 0.15) is 11.5 Å². The van der Waals surface area contributed by atoms with Gasteiger partial charge in [-0.2, -0.15) is 0 Å². The third-order valence-electron chi connectivity index (χ3n) is 6.31. The fourth-order valence-electron chi connectivity index (χ4n) is 4.66. The van der Waals surface area contributed by atoms with Gasteiger partial charge in [0.15, 0.2) is 0 Å². The minimum absolute atomic E-state index is 0.0764. The molecule has 1 N–H and O–H groups in total. The third-order valence-corrected chi connectivity index (χ3v) is 6.31. The Morgan fingerprint density at radius 2 is 1.79 bits per heavy atom. The molecule has 1 aliphatic heterocycles. The van der Waals surface area contributed by atoms with Crippen LogP contribution in [0.4, 0.5) is 4.79 Å².